The lowest BCUT2D eigenvalue weighted by atomic mass is 10.2. The van der Waals surface area contributed by atoms with Crippen molar-refractivity contribution in [3.05, 3.63) is 29.3 Å². The van der Waals surface area contributed by atoms with E-state index in [1.807, 2.05) is 0 Å². The third-order valence-corrected chi connectivity index (χ3v) is 5.86. The first-order valence-electron chi connectivity index (χ1n) is 6.53. The van der Waals surface area contributed by atoms with E-state index in [0.29, 0.717) is 34.4 Å². The Kier molecular flexibility index (Phi) is 3.99. The highest BCUT2D eigenvalue weighted by molar-refractivity contribution is 7.89. The molecule has 19 heavy (non-hydrogen) atoms. The molecule has 0 heterocycles. The van der Waals surface area contributed by atoms with Gasteiger partial charge in [0.1, 0.15) is 0 Å². The van der Waals surface area contributed by atoms with Crippen LogP contribution in [0.5, 0.6) is 0 Å². The Morgan fingerprint density at radius 1 is 1.42 bits per heavy atom. The van der Waals surface area contributed by atoms with Crippen molar-refractivity contribution in [3.8, 4) is 0 Å². The highest BCUT2D eigenvalue weighted by Crippen LogP contribution is 2.38. The molecule has 0 aliphatic heterocycles. The van der Waals surface area contributed by atoms with Crippen LogP contribution in [0, 0.1) is 18.8 Å². The number of hydrogen-bond acceptors (Lipinski definition) is 3. The Bertz CT molecular complexity index is 568. The normalized spacial score (nSPS) is 22.8. The number of hydrogen-bond donors (Lipinski definition) is 1. The minimum absolute atomic E-state index is 0.147. The summed E-state index contributed by atoms with van der Waals surface area (Å²) in [6.45, 7) is 4.35. The average molecular weight is 283 g/mol. The molecular formula is C14H21NO3S. The SMILES string of the molecule is Cc1ccc(CO)cc1S(=O)(=O)N(C)CC1CC1C. The molecule has 1 aromatic carbocycles. The first-order valence-corrected chi connectivity index (χ1v) is 7.97. The fourth-order valence-electron chi connectivity index (χ4n) is 2.27. The van der Waals surface area contributed by atoms with Crippen LogP contribution in [0.4, 0.5) is 0 Å². The molecule has 106 valence electrons. The van der Waals surface area contributed by atoms with E-state index in [1.165, 1.54) is 4.31 Å². The van der Waals surface area contributed by atoms with E-state index in [-0.39, 0.29) is 6.61 Å². The van der Waals surface area contributed by atoms with Gasteiger partial charge in [0.05, 0.1) is 11.5 Å². The van der Waals surface area contributed by atoms with Gasteiger partial charge in [0, 0.05) is 13.6 Å². The van der Waals surface area contributed by atoms with Gasteiger partial charge in [-0.05, 0) is 42.4 Å². The molecule has 0 bridgehead atoms. The van der Waals surface area contributed by atoms with Crippen molar-refractivity contribution in [2.24, 2.45) is 11.8 Å². The standard InChI is InChI=1S/C14H21NO3S/c1-10-4-5-12(9-16)7-14(10)19(17,18)15(3)8-13-6-11(13)2/h4-5,7,11,13,16H,6,8-9H2,1-3H3. The van der Waals surface area contributed by atoms with Crippen LogP contribution in [0.25, 0.3) is 0 Å². The molecule has 2 rings (SSSR count). The molecule has 0 saturated heterocycles. The van der Waals surface area contributed by atoms with Crippen LogP contribution in [0.15, 0.2) is 23.1 Å². The molecule has 2 unspecified atom stereocenters. The molecule has 1 aliphatic carbocycles. The summed E-state index contributed by atoms with van der Waals surface area (Å²) >= 11 is 0. The van der Waals surface area contributed by atoms with Crippen molar-refractivity contribution in [2.45, 2.75) is 31.8 Å². The quantitative estimate of drug-likeness (QED) is 0.896. The number of nitrogens with zero attached hydrogens (tertiary/aromatic N) is 1. The number of benzene rings is 1. The van der Waals surface area contributed by atoms with Gasteiger partial charge in [-0.15, -0.1) is 0 Å². The minimum Gasteiger partial charge on any atom is -0.392 e. The number of aliphatic hydroxyl groups is 1. The summed E-state index contributed by atoms with van der Waals surface area (Å²) in [5.74, 6) is 1.11. The Balaban J connectivity index is 2.27. The van der Waals surface area contributed by atoms with Crippen LogP contribution in [-0.4, -0.2) is 31.4 Å². The zero-order chi connectivity index (χ0) is 14.2. The molecule has 1 aliphatic rings. The van der Waals surface area contributed by atoms with E-state index in [4.69, 9.17) is 5.11 Å². The summed E-state index contributed by atoms with van der Waals surface area (Å²) in [6.07, 6.45) is 1.11. The van der Waals surface area contributed by atoms with E-state index in [2.05, 4.69) is 6.92 Å². The average Bonchev–Trinajstić information content (AvgIpc) is 3.05. The predicted molar refractivity (Wildman–Crippen MR) is 74.2 cm³/mol. The van der Waals surface area contributed by atoms with Crippen LogP contribution in [-0.2, 0) is 16.6 Å². The second-order valence-electron chi connectivity index (χ2n) is 5.52. The summed E-state index contributed by atoms with van der Waals surface area (Å²) in [5, 5.41) is 9.14. The smallest absolute Gasteiger partial charge is 0.243 e. The predicted octanol–water partition coefficient (Wildman–Crippen LogP) is 1.76. The Morgan fingerprint density at radius 3 is 2.58 bits per heavy atom. The van der Waals surface area contributed by atoms with Gasteiger partial charge in [-0.1, -0.05) is 19.1 Å². The monoisotopic (exact) mass is 283 g/mol. The Labute approximate surface area is 115 Å². The van der Waals surface area contributed by atoms with Crippen molar-refractivity contribution in [1.82, 2.24) is 4.31 Å². The molecule has 1 fully saturated rings. The van der Waals surface area contributed by atoms with Crippen LogP contribution >= 0.6 is 0 Å². The maximum Gasteiger partial charge on any atom is 0.243 e. The molecule has 5 heteroatoms. The molecule has 0 spiro atoms. The lowest BCUT2D eigenvalue weighted by Gasteiger charge is -2.19. The van der Waals surface area contributed by atoms with E-state index in [1.54, 1.807) is 32.2 Å². The molecule has 1 N–H and O–H groups in total. The maximum atomic E-state index is 12.5. The number of rotatable bonds is 5. The van der Waals surface area contributed by atoms with Crippen molar-refractivity contribution in [1.29, 1.82) is 0 Å². The van der Waals surface area contributed by atoms with Crippen LogP contribution in [0.1, 0.15) is 24.5 Å². The Hall–Kier alpha value is -0.910. The number of aryl methyl sites for hydroxylation is 1. The first-order chi connectivity index (χ1) is 8.86. The fraction of sp³-hybridized carbons (Fsp3) is 0.571. The van der Waals surface area contributed by atoms with E-state index < -0.39 is 10.0 Å². The zero-order valence-corrected chi connectivity index (χ0v) is 12.4. The van der Waals surface area contributed by atoms with Gasteiger partial charge in [-0.25, -0.2) is 12.7 Å². The van der Waals surface area contributed by atoms with Gasteiger partial charge in [0.25, 0.3) is 0 Å². The summed E-state index contributed by atoms with van der Waals surface area (Å²) in [4.78, 5) is 0.301. The molecule has 1 saturated carbocycles. The summed E-state index contributed by atoms with van der Waals surface area (Å²) < 4.78 is 26.5. The number of aliphatic hydroxyl groups excluding tert-OH is 1. The fourth-order valence-corrected chi connectivity index (χ4v) is 3.77. The van der Waals surface area contributed by atoms with Crippen molar-refractivity contribution in [3.63, 3.8) is 0 Å². The Morgan fingerprint density at radius 2 is 2.05 bits per heavy atom. The molecule has 0 aromatic heterocycles. The lowest BCUT2D eigenvalue weighted by molar-refractivity contribution is 0.281. The third kappa shape index (κ3) is 2.99. The van der Waals surface area contributed by atoms with Gasteiger partial charge in [0.15, 0.2) is 0 Å². The third-order valence-electron chi connectivity index (χ3n) is 3.89. The zero-order valence-electron chi connectivity index (χ0n) is 11.6. The van der Waals surface area contributed by atoms with Crippen LogP contribution in [0.3, 0.4) is 0 Å². The lowest BCUT2D eigenvalue weighted by Crippen LogP contribution is -2.29. The van der Waals surface area contributed by atoms with Crippen LogP contribution in [0.2, 0.25) is 0 Å². The van der Waals surface area contributed by atoms with Crippen molar-refractivity contribution in [2.75, 3.05) is 13.6 Å². The molecule has 4 nitrogen and oxygen atoms in total. The van der Waals surface area contributed by atoms with Gasteiger partial charge in [-0.3, -0.25) is 0 Å². The van der Waals surface area contributed by atoms with Crippen LogP contribution < -0.4 is 0 Å². The van der Waals surface area contributed by atoms with Crippen molar-refractivity contribution < 1.29 is 13.5 Å². The summed E-state index contributed by atoms with van der Waals surface area (Å²) in [5.41, 5.74) is 1.34. The molecule has 2 atom stereocenters. The number of sulfonamides is 1. The topological polar surface area (TPSA) is 57.6 Å². The second kappa shape index (κ2) is 5.23. The molecule has 0 radical (unpaired) electrons. The molecule has 0 amide bonds. The maximum absolute atomic E-state index is 12.5. The minimum atomic E-state index is -3.46. The first kappa shape index (κ1) is 14.5. The van der Waals surface area contributed by atoms with Gasteiger partial charge in [-0.2, -0.15) is 0 Å². The highest BCUT2D eigenvalue weighted by atomic mass is 32.2. The summed E-state index contributed by atoms with van der Waals surface area (Å²) in [6, 6.07) is 5.06. The van der Waals surface area contributed by atoms with Gasteiger partial charge >= 0.3 is 0 Å². The molecule has 1 aromatic rings. The van der Waals surface area contributed by atoms with E-state index in [9.17, 15) is 8.42 Å². The summed E-state index contributed by atoms with van der Waals surface area (Å²) in [7, 11) is -1.83. The second-order valence-corrected chi connectivity index (χ2v) is 7.53. The van der Waals surface area contributed by atoms with E-state index >= 15 is 0 Å². The van der Waals surface area contributed by atoms with Crippen molar-refractivity contribution >= 4 is 10.0 Å². The van der Waals surface area contributed by atoms with Gasteiger partial charge in [0.2, 0.25) is 10.0 Å². The highest BCUT2D eigenvalue weighted by Gasteiger charge is 2.36. The molecular weight excluding hydrogens is 262 g/mol. The van der Waals surface area contributed by atoms with Gasteiger partial charge < -0.3 is 5.11 Å². The largest absolute Gasteiger partial charge is 0.392 e. The van der Waals surface area contributed by atoms with E-state index in [0.717, 1.165) is 6.42 Å².